The molecule has 1 aromatic carbocycles. The highest BCUT2D eigenvalue weighted by atomic mass is 16.2. The Balaban J connectivity index is 1.72. The van der Waals surface area contributed by atoms with Gasteiger partial charge in [0, 0.05) is 30.9 Å². The summed E-state index contributed by atoms with van der Waals surface area (Å²) in [7, 11) is 0. The number of rotatable bonds is 5. The van der Waals surface area contributed by atoms with Crippen LogP contribution in [0, 0.1) is 6.92 Å². The summed E-state index contributed by atoms with van der Waals surface area (Å²) in [6, 6.07) is 13.3. The molecule has 1 aromatic heterocycles. The Hall–Kier alpha value is -2.95. The number of pyridine rings is 1. The Morgan fingerprint density at radius 1 is 1.27 bits per heavy atom. The molecule has 3 rings (SSSR count). The maximum absolute atomic E-state index is 12.8. The number of aryl methyl sites for hydroxylation is 1. The van der Waals surface area contributed by atoms with Crippen LogP contribution in [0.5, 0.6) is 0 Å². The Morgan fingerprint density at radius 3 is 2.73 bits per heavy atom. The van der Waals surface area contributed by atoms with E-state index in [1.54, 1.807) is 11.1 Å². The molecule has 2 aromatic rings. The topological polar surface area (TPSA) is 62.3 Å². The molecular formula is C21H23N3O2. The summed E-state index contributed by atoms with van der Waals surface area (Å²) < 4.78 is 0. The van der Waals surface area contributed by atoms with Crippen LogP contribution in [0.15, 0.2) is 61.3 Å². The van der Waals surface area contributed by atoms with Gasteiger partial charge in [-0.15, -0.1) is 0 Å². The highest BCUT2D eigenvalue weighted by Crippen LogP contribution is 2.32. The van der Waals surface area contributed by atoms with Crippen LogP contribution in [0.25, 0.3) is 0 Å². The maximum atomic E-state index is 12.8. The van der Waals surface area contributed by atoms with E-state index in [-0.39, 0.29) is 17.7 Å². The van der Waals surface area contributed by atoms with E-state index in [0.717, 1.165) is 16.8 Å². The summed E-state index contributed by atoms with van der Waals surface area (Å²) in [4.78, 5) is 30.9. The van der Waals surface area contributed by atoms with Crippen molar-refractivity contribution in [2.24, 2.45) is 0 Å². The van der Waals surface area contributed by atoms with E-state index in [2.05, 4.69) is 16.9 Å². The smallest absolute Gasteiger partial charge is 0.246 e. The fraction of sp³-hybridized carbons (Fsp3) is 0.286. The molecule has 2 amide bonds. The maximum Gasteiger partial charge on any atom is 0.246 e. The van der Waals surface area contributed by atoms with E-state index >= 15 is 0 Å². The minimum Gasteiger partial charge on any atom is -0.350 e. The summed E-state index contributed by atoms with van der Waals surface area (Å²) in [5.74, 6) is -0.195. The quantitative estimate of drug-likeness (QED) is 0.844. The first-order chi connectivity index (χ1) is 12.6. The molecule has 134 valence electrons. The Labute approximate surface area is 153 Å². The van der Waals surface area contributed by atoms with E-state index in [4.69, 9.17) is 0 Å². The number of hydrogen-bond donors (Lipinski definition) is 1. The fourth-order valence-corrected chi connectivity index (χ4v) is 3.42. The van der Waals surface area contributed by atoms with Gasteiger partial charge < -0.3 is 10.2 Å². The van der Waals surface area contributed by atoms with E-state index in [0.29, 0.717) is 19.5 Å². The average Bonchev–Trinajstić information content (AvgIpc) is 3.13. The van der Waals surface area contributed by atoms with Crippen molar-refractivity contribution in [1.82, 2.24) is 15.2 Å². The molecule has 5 heteroatoms. The van der Waals surface area contributed by atoms with Crippen molar-refractivity contribution in [3.8, 4) is 0 Å². The lowest BCUT2D eigenvalue weighted by Crippen LogP contribution is -2.45. The van der Waals surface area contributed by atoms with E-state index in [9.17, 15) is 9.59 Å². The predicted molar refractivity (Wildman–Crippen MR) is 100 cm³/mol. The Bertz CT molecular complexity index is 804. The number of carbonyl (C=O) groups is 2. The lowest BCUT2D eigenvalue weighted by molar-refractivity contribution is -0.135. The van der Waals surface area contributed by atoms with Crippen molar-refractivity contribution in [3.63, 3.8) is 0 Å². The van der Waals surface area contributed by atoms with Gasteiger partial charge in [0.2, 0.25) is 11.8 Å². The number of likely N-dealkylation sites (tertiary alicyclic amines) is 1. The normalized spacial score (nSPS) is 19.2. The van der Waals surface area contributed by atoms with E-state index in [1.165, 1.54) is 6.08 Å². The van der Waals surface area contributed by atoms with Gasteiger partial charge in [-0.1, -0.05) is 43.0 Å². The number of nitrogens with zero attached hydrogens (tertiary/aromatic N) is 2. The van der Waals surface area contributed by atoms with Crippen LogP contribution in [0.1, 0.15) is 29.2 Å². The lowest BCUT2D eigenvalue weighted by Gasteiger charge is -2.22. The van der Waals surface area contributed by atoms with Crippen molar-refractivity contribution in [2.45, 2.75) is 31.8 Å². The largest absolute Gasteiger partial charge is 0.350 e. The van der Waals surface area contributed by atoms with Crippen LogP contribution in [0.4, 0.5) is 0 Å². The average molecular weight is 349 g/mol. The van der Waals surface area contributed by atoms with Crippen LogP contribution in [-0.4, -0.2) is 34.3 Å². The number of carbonyl (C=O) groups excluding carboxylic acids is 2. The molecule has 0 bridgehead atoms. The third-order valence-corrected chi connectivity index (χ3v) is 4.90. The fourth-order valence-electron chi connectivity index (χ4n) is 3.42. The van der Waals surface area contributed by atoms with Gasteiger partial charge in [-0.3, -0.25) is 14.6 Å². The van der Waals surface area contributed by atoms with Gasteiger partial charge in [-0.25, -0.2) is 0 Å². The monoisotopic (exact) mass is 349 g/mol. The molecule has 1 aliphatic rings. The SMILES string of the molecule is C=CC(=O)N1C[C@H](c2ccccc2)C[C@H]1C(=O)NCc1cccnc1C. The number of hydrogen-bond acceptors (Lipinski definition) is 3. The second kappa shape index (κ2) is 7.95. The Morgan fingerprint density at radius 2 is 2.04 bits per heavy atom. The molecule has 5 nitrogen and oxygen atoms in total. The molecule has 2 heterocycles. The van der Waals surface area contributed by atoms with Gasteiger partial charge >= 0.3 is 0 Å². The molecule has 1 N–H and O–H groups in total. The third kappa shape index (κ3) is 3.82. The standard InChI is InChI=1S/C21H23N3O2/c1-3-20(25)24-14-18(16-8-5-4-6-9-16)12-19(24)21(26)23-13-17-10-7-11-22-15(17)2/h3-11,18-19H,1,12-14H2,2H3,(H,23,26)/t18-,19+/m1/s1. The highest BCUT2D eigenvalue weighted by Gasteiger charge is 2.39. The van der Waals surface area contributed by atoms with Crippen molar-refractivity contribution < 1.29 is 9.59 Å². The zero-order valence-electron chi connectivity index (χ0n) is 14.9. The first-order valence-corrected chi connectivity index (χ1v) is 8.76. The Kier molecular flexibility index (Phi) is 5.46. The summed E-state index contributed by atoms with van der Waals surface area (Å²) in [6.07, 6.45) is 3.62. The molecule has 1 aliphatic heterocycles. The van der Waals surface area contributed by atoms with Crippen molar-refractivity contribution in [3.05, 3.63) is 78.1 Å². The number of amides is 2. The molecule has 0 saturated carbocycles. The number of benzene rings is 1. The molecule has 0 radical (unpaired) electrons. The second-order valence-electron chi connectivity index (χ2n) is 6.52. The molecular weight excluding hydrogens is 326 g/mol. The van der Waals surface area contributed by atoms with Gasteiger partial charge in [-0.2, -0.15) is 0 Å². The van der Waals surface area contributed by atoms with E-state index in [1.807, 2.05) is 49.4 Å². The van der Waals surface area contributed by atoms with Gasteiger partial charge in [0.1, 0.15) is 6.04 Å². The number of aromatic nitrogens is 1. The van der Waals surface area contributed by atoms with Gasteiger partial charge in [0.05, 0.1) is 0 Å². The van der Waals surface area contributed by atoms with Gasteiger partial charge in [0.25, 0.3) is 0 Å². The molecule has 2 atom stereocenters. The van der Waals surface area contributed by atoms with Gasteiger partial charge in [-0.05, 0) is 36.6 Å². The zero-order valence-corrected chi connectivity index (χ0v) is 14.9. The van der Waals surface area contributed by atoms with Crippen LogP contribution in [-0.2, 0) is 16.1 Å². The molecule has 1 saturated heterocycles. The van der Waals surface area contributed by atoms with Crippen molar-refractivity contribution in [1.29, 1.82) is 0 Å². The molecule has 1 fully saturated rings. The number of nitrogens with one attached hydrogen (secondary N) is 1. The second-order valence-corrected chi connectivity index (χ2v) is 6.52. The predicted octanol–water partition coefficient (Wildman–Crippen LogP) is 2.58. The molecule has 26 heavy (non-hydrogen) atoms. The highest BCUT2D eigenvalue weighted by molar-refractivity contribution is 5.93. The van der Waals surface area contributed by atoms with Crippen LogP contribution in [0.3, 0.4) is 0 Å². The molecule has 0 unspecified atom stereocenters. The van der Waals surface area contributed by atoms with E-state index < -0.39 is 6.04 Å². The van der Waals surface area contributed by atoms with Crippen molar-refractivity contribution >= 4 is 11.8 Å². The molecule has 0 spiro atoms. The third-order valence-electron chi connectivity index (χ3n) is 4.90. The van der Waals surface area contributed by atoms with Crippen LogP contribution >= 0.6 is 0 Å². The first kappa shape index (κ1) is 17.9. The van der Waals surface area contributed by atoms with Crippen molar-refractivity contribution in [2.75, 3.05) is 6.54 Å². The first-order valence-electron chi connectivity index (χ1n) is 8.76. The van der Waals surface area contributed by atoms with Crippen LogP contribution in [0.2, 0.25) is 0 Å². The van der Waals surface area contributed by atoms with Crippen LogP contribution < -0.4 is 5.32 Å². The van der Waals surface area contributed by atoms with Gasteiger partial charge in [0.15, 0.2) is 0 Å². The summed E-state index contributed by atoms with van der Waals surface area (Å²) >= 11 is 0. The summed E-state index contributed by atoms with van der Waals surface area (Å²) in [5.41, 5.74) is 3.01. The lowest BCUT2D eigenvalue weighted by atomic mass is 9.96. The minimum absolute atomic E-state index is 0.137. The summed E-state index contributed by atoms with van der Waals surface area (Å²) in [5, 5.41) is 2.96. The zero-order chi connectivity index (χ0) is 18.5. The minimum atomic E-state index is -0.484. The molecule has 0 aliphatic carbocycles. The summed E-state index contributed by atoms with van der Waals surface area (Å²) in [6.45, 7) is 6.41.